The van der Waals surface area contributed by atoms with Crippen LogP contribution in [0, 0.1) is 0 Å². The van der Waals surface area contributed by atoms with Gasteiger partial charge in [-0.2, -0.15) is 0 Å². The zero-order valence-electron chi connectivity index (χ0n) is 8.06. The molecule has 0 spiro atoms. The molecular weight excluding hydrogens is 212 g/mol. The molecule has 1 aliphatic rings. The van der Waals surface area contributed by atoms with Crippen LogP contribution in [-0.4, -0.2) is 48.5 Å². The maximum absolute atomic E-state index is 10.8. The number of aliphatic carboxylic acids is 1. The summed E-state index contributed by atoms with van der Waals surface area (Å²) in [6.45, 7) is 4.01. The second-order valence-electron chi connectivity index (χ2n) is 2.80. The van der Waals surface area contributed by atoms with Gasteiger partial charge in [0, 0.05) is 0 Å². The van der Waals surface area contributed by atoms with Crippen LogP contribution in [0.15, 0.2) is 0 Å². The molecule has 7 heteroatoms. The molecule has 1 heterocycles. The molecule has 1 fully saturated rings. The summed E-state index contributed by atoms with van der Waals surface area (Å²) in [4.78, 5) is 7.53. The van der Waals surface area contributed by atoms with Gasteiger partial charge in [0.15, 0.2) is 9.84 Å². The topological polar surface area (TPSA) is 104 Å². The molecule has 0 bridgehead atoms. The van der Waals surface area contributed by atoms with E-state index in [1.165, 1.54) is 6.92 Å². The largest absolute Gasteiger partial charge is 0.478 e. The lowest BCUT2D eigenvalue weighted by molar-refractivity contribution is -0.148. The van der Waals surface area contributed by atoms with Gasteiger partial charge in [0.2, 0.25) is 0 Å². The van der Waals surface area contributed by atoms with Crippen molar-refractivity contribution >= 4 is 15.8 Å². The van der Waals surface area contributed by atoms with Crippen molar-refractivity contribution < 1.29 is 28.2 Å². The highest BCUT2D eigenvalue weighted by molar-refractivity contribution is 7.93. The molecule has 1 aliphatic heterocycles. The smallest absolute Gasteiger partial charge is 0.351 e. The maximum atomic E-state index is 10.8. The van der Waals surface area contributed by atoms with Gasteiger partial charge >= 0.3 is 5.97 Å². The third-order valence-corrected chi connectivity index (χ3v) is 3.73. The van der Waals surface area contributed by atoms with Gasteiger partial charge in [-0.25, -0.2) is 13.2 Å². The molecule has 6 nitrogen and oxygen atoms in total. The lowest BCUT2D eigenvalue weighted by Gasteiger charge is -2.16. The lowest BCUT2D eigenvalue weighted by atomic mass is 10.4. The SMILES string of the molecule is C1CO1.CCS(=O)(=O)C(C)(O)C(=O)O. The average molecular weight is 226 g/mol. The van der Waals surface area contributed by atoms with E-state index in [2.05, 4.69) is 4.74 Å². The monoisotopic (exact) mass is 226 g/mol. The Morgan fingerprint density at radius 3 is 1.93 bits per heavy atom. The molecule has 0 aromatic carbocycles. The molecule has 1 atom stereocenters. The Bertz CT molecular complexity index is 287. The Morgan fingerprint density at radius 2 is 1.86 bits per heavy atom. The summed E-state index contributed by atoms with van der Waals surface area (Å²) < 4.78 is 26.2. The van der Waals surface area contributed by atoms with Crippen LogP contribution in [0.2, 0.25) is 0 Å². The highest BCUT2D eigenvalue weighted by Crippen LogP contribution is 2.13. The van der Waals surface area contributed by atoms with E-state index >= 15 is 0 Å². The maximum Gasteiger partial charge on any atom is 0.351 e. The molecule has 84 valence electrons. The molecule has 0 saturated carbocycles. The van der Waals surface area contributed by atoms with Gasteiger partial charge in [0.25, 0.3) is 4.93 Å². The van der Waals surface area contributed by atoms with Crippen LogP contribution in [-0.2, 0) is 19.4 Å². The molecule has 1 rings (SSSR count). The summed E-state index contributed by atoms with van der Waals surface area (Å²) >= 11 is 0. The summed E-state index contributed by atoms with van der Waals surface area (Å²) in [6.07, 6.45) is 0. The van der Waals surface area contributed by atoms with Gasteiger partial charge < -0.3 is 14.9 Å². The summed E-state index contributed by atoms with van der Waals surface area (Å²) in [5, 5.41) is 17.2. The number of carbonyl (C=O) groups is 1. The third kappa shape index (κ3) is 3.60. The van der Waals surface area contributed by atoms with Crippen molar-refractivity contribution in [3.63, 3.8) is 0 Å². The molecule has 1 unspecified atom stereocenters. The van der Waals surface area contributed by atoms with Crippen molar-refractivity contribution in [3.05, 3.63) is 0 Å². The van der Waals surface area contributed by atoms with Crippen LogP contribution in [0.5, 0.6) is 0 Å². The van der Waals surface area contributed by atoms with Crippen molar-refractivity contribution in [1.82, 2.24) is 0 Å². The predicted octanol–water partition coefficient (Wildman–Crippen LogP) is -0.769. The fourth-order valence-electron chi connectivity index (χ4n) is 0.414. The molecule has 2 N–H and O–H groups in total. The highest BCUT2D eigenvalue weighted by Gasteiger charge is 2.43. The number of hydrogen-bond acceptors (Lipinski definition) is 5. The summed E-state index contributed by atoms with van der Waals surface area (Å²) in [5.74, 6) is -2.15. The minimum atomic E-state index is -3.94. The second-order valence-corrected chi connectivity index (χ2v) is 5.41. The minimum Gasteiger partial charge on any atom is -0.478 e. The van der Waals surface area contributed by atoms with E-state index in [9.17, 15) is 13.2 Å². The Hall–Kier alpha value is -0.660. The van der Waals surface area contributed by atoms with E-state index in [-0.39, 0.29) is 0 Å². The van der Waals surface area contributed by atoms with Crippen molar-refractivity contribution in [2.45, 2.75) is 18.8 Å². The molecule has 14 heavy (non-hydrogen) atoms. The zero-order chi connectivity index (χ0) is 11.4. The first-order valence-electron chi connectivity index (χ1n) is 4.01. The van der Waals surface area contributed by atoms with E-state index in [4.69, 9.17) is 10.2 Å². The number of sulfone groups is 1. The van der Waals surface area contributed by atoms with Crippen LogP contribution in [0.3, 0.4) is 0 Å². The molecule has 0 amide bonds. The number of hydrogen-bond donors (Lipinski definition) is 2. The number of carboxylic acid groups (broad SMARTS) is 1. The fourth-order valence-corrected chi connectivity index (χ4v) is 1.24. The minimum absolute atomic E-state index is 0.397. The Balaban J connectivity index is 0.000000469. The number of carboxylic acids is 1. The van der Waals surface area contributed by atoms with E-state index in [1.807, 2.05) is 0 Å². The van der Waals surface area contributed by atoms with Gasteiger partial charge in [0.05, 0.1) is 19.0 Å². The van der Waals surface area contributed by atoms with Gasteiger partial charge in [-0.15, -0.1) is 0 Å². The Kier molecular flexibility index (Phi) is 4.50. The van der Waals surface area contributed by atoms with Crippen molar-refractivity contribution in [3.8, 4) is 0 Å². The van der Waals surface area contributed by atoms with Crippen LogP contribution in [0.1, 0.15) is 13.8 Å². The van der Waals surface area contributed by atoms with Crippen LogP contribution in [0.4, 0.5) is 0 Å². The highest BCUT2D eigenvalue weighted by atomic mass is 32.2. The van der Waals surface area contributed by atoms with Crippen molar-refractivity contribution in [1.29, 1.82) is 0 Å². The first-order chi connectivity index (χ1) is 6.25. The van der Waals surface area contributed by atoms with Gasteiger partial charge in [0.1, 0.15) is 0 Å². The van der Waals surface area contributed by atoms with Crippen LogP contribution in [0.25, 0.3) is 0 Å². The average Bonchev–Trinajstić information content (AvgIpc) is 2.89. The number of rotatable bonds is 3. The van der Waals surface area contributed by atoms with Crippen LogP contribution < -0.4 is 0 Å². The van der Waals surface area contributed by atoms with E-state index in [1.54, 1.807) is 0 Å². The molecular formula is C7H14O6S. The zero-order valence-corrected chi connectivity index (χ0v) is 8.87. The first-order valence-corrected chi connectivity index (χ1v) is 5.66. The fraction of sp³-hybridized carbons (Fsp3) is 0.857. The number of ether oxygens (including phenoxy) is 1. The predicted molar refractivity (Wildman–Crippen MR) is 48.5 cm³/mol. The van der Waals surface area contributed by atoms with E-state index in [0.717, 1.165) is 20.1 Å². The summed E-state index contributed by atoms with van der Waals surface area (Å²) in [5.41, 5.74) is 0. The van der Waals surface area contributed by atoms with Gasteiger partial charge in [-0.1, -0.05) is 6.92 Å². The third-order valence-electron chi connectivity index (χ3n) is 1.59. The number of epoxide rings is 1. The lowest BCUT2D eigenvalue weighted by Crippen LogP contribution is -2.44. The van der Waals surface area contributed by atoms with E-state index in [0.29, 0.717) is 0 Å². The number of aliphatic hydroxyl groups is 1. The molecule has 0 aromatic heterocycles. The van der Waals surface area contributed by atoms with Crippen molar-refractivity contribution in [2.75, 3.05) is 19.0 Å². The standard InChI is InChI=1S/C5H10O5S.C2H4O/c1-3-11(9,10)5(2,8)4(6)7;1-2-3-1/h8H,3H2,1-2H3,(H,6,7);1-2H2. The molecule has 0 aromatic rings. The summed E-state index contributed by atoms with van der Waals surface area (Å²) in [7, 11) is -3.94. The Labute approximate surface area is 82.4 Å². The van der Waals surface area contributed by atoms with Gasteiger partial charge in [-0.05, 0) is 6.92 Å². The molecule has 1 saturated heterocycles. The Morgan fingerprint density at radius 1 is 1.50 bits per heavy atom. The quantitative estimate of drug-likeness (QED) is 0.612. The summed E-state index contributed by atoms with van der Waals surface area (Å²) in [6, 6.07) is 0. The normalized spacial score (nSPS) is 18.8. The molecule has 0 radical (unpaired) electrons. The van der Waals surface area contributed by atoms with Crippen LogP contribution >= 0.6 is 0 Å². The van der Waals surface area contributed by atoms with Gasteiger partial charge in [-0.3, -0.25) is 0 Å². The molecule has 0 aliphatic carbocycles. The van der Waals surface area contributed by atoms with Crippen molar-refractivity contribution in [2.24, 2.45) is 0 Å². The second kappa shape index (κ2) is 4.72. The first kappa shape index (κ1) is 13.3. The van der Waals surface area contributed by atoms with E-state index < -0.39 is 26.5 Å².